The lowest BCUT2D eigenvalue weighted by Crippen LogP contribution is -2.26. The summed E-state index contributed by atoms with van der Waals surface area (Å²) < 4.78 is 5.52. The van der Waals surface area contributed by atoms with Crippen molar-refractivity contribution in [1.82, 2.24) is 10.3 Å². The molecule has 4 N–H and O–H groups in total. The number of pyridine rings is 1. The molecule has 1 aromatic heterocycles. The molecule has 0 spiro atoms. The van der Waals surface area contributed by atoms with Gasteiger partial charge in [-0.3, -0.25) is 0 Å². The van der Waals surface area contributed by atoms with E-state index in [9.17, 15) is 5.11 Å². The fourth-order valence-electron chi connectivity index (χ4n) is 1.68. The van der Waals surface area contributed by atoms with Crippen molar-refractivity contribution < 1.29 is 9.84 Å². The summed E-state index contributed by atoms with van der Waals surface area (Å²) in [6.07, 6.45) is 0.980. The Morgan fingerprint density at radius 2 is 2.10 bits per heavy atom. The van der Waals surface area contributed by atoms with Crippen molar-refractivity contribution in [3.05, 3.63) is 54.2 Å². The van der Waals surface area contributed by atoms with E-state index in [2.05, 4.69) is 16.4 Å². The fraction of sp³-hybridized carbons (Fsp3) is 0.267. The number of benzene rings is 1. The van der Waals surface area contributed by atoms with Crippen LogP contribution in [0.5, 0.6) is 5.75 Å². The Hall–Kier alpha value is -2.11. The average molecular weight is 272 g/mol. The van der Waals surface area contributed by atoms with E-state index in [1.807, 2.05) is 12.1 Å². The molecule has 0 saturated heterocycles. The lowest BCUT2D eigenvalue weighted by molar-refractivity contribution is 0.171. The highest BCUT2D eigenvalue weighted by atomic mass is 16.5. The summed E-state index contributed by atoms with van der Waals surface area (Å²) >= 11 is 0. The topological polar surface area (TPSA) is 80.4 Å². The van der Waals surface area contributed by atoms with E-state index in [1.54, 1.807) is 30.5 Å². The number of aliphatic hydroxyl groups is 1. The Labute approximate surface area is 118 Å². The Balaban J connectivity index is 1.64. The monoisotopic (exact) mass is 272 g/mol. The summed E-state index contributed by atoms with van der Waals surface area (Å²) in [7, 11) is 0. The largest absolute Gasteiger partial charge is 0.492 e. The van der Waals surface area contributed by atoms with Crippen LogP contribution in [0.25, 0.3) is 0 Å². The predicted octanol–water partition coefficient (Wildman–Crippen LogP) is 1.17. The van der Waals surface area contributed by atoms with Gasteiger partial charge in [0.2, 0.25) is 0 Å². The van der Waals surface area contributed by atoms with Gasteiger partial charge in [-0.25, -0.2) is 4.98 Å². The Morgan fingerprint density at radius 1 is 1.30 bits per heavy atom. The molecule has 0 aliphatic heterocycles. The van der Waals surface area contributed by atoms with Crippen molar-refractivity contribution in [1.29, 1.82) is 0 Å². The molecule has 20 heavy (non-hydrogen) atoms. The summed E-state index contributed by atoms with van der Waals surface area (Å²) in [5.41, 5.74) is 6.24. The van der Waals surface area contributed by atoms with Crippen LogP contribution in [0, 0.1) is 6.07 Å². The number of nitrogens with one attached hydrogen (secondary N) is 1. The number of nitrogens with zero attached hydrogens (tertiary/aromatic N) is 1. The van der Waals surface area contributed by atoms with Gasteiger partial charge in [-0.2, -0.15) is 0 Å². The standard InChI is InChI=1S/C15H18N3O2/c16-15-7-6-12(10-18-15)14(19)11-17-8-9-20-13-4-2-1-3-5-13/h2-7,10,14,17,19H,8-9,11H2,(H2,16,18)/t14-/m0/s1. The number of ether oxygens (including phenoxy) is 1. The number of nitrogens with two attached hydrogens (primary N) is 1. The lowest BCUT2D eigenvalue weighted by Gasteiger charge is -2.12. The highest BCUT2D eigenvalue weighted by Gasteiger charge is 2.06. The number of hydrogen-bond acceptors (Lipinski definition) is 5. The zero-order valence-electron chi connectivity index (χ0n) is 11.1. The quantitative estimate of drug-likeness (QED) is 0.659. The van der Waals surface area contributed by atoms with Gasteiger partial charge in [0, 0.05) is 24.8 Å². The fourth-order valence-corrected chi connectivity index (χ4v) is 1.68. The first-order valence-corrected chi connectivity index (χ1v) is 6.45. The third-order valence-electron chi connectivity index (χ3n) is 2.77. The molecule has 0 aliphatic carbocycles. The molecule has 1 heterocycles. The summed E-state index contributed by atoms with van der Waals surface area (Å²) in [5, 5.41) is 13.1. The van der Waals surface area contributed by atoms with Crippen LogP contribution in [0.15, 0.2) is 42.6 Å². The van der Waals surface area contributed by atoms with Crippen molar-refractivity contribution in [2.24, 2.45) is 0 Å². The molecular weight excluding hydrogens is 254 g/mol. The summed E-state index contributed by atoms with van der Waals surface area (Å²) in [6, 6.07) is 13.7. The Morgan fingerprint density at radius 3 is 2.80 bits per heavy atom. The van der Waals surface area contributed by atoms with E-state index in [4.69, 9.17) is 10.5 Å². The second kappa shape index (κ2) is 7.47. The second-order valence-corrected chi connectivity index (χ2v) is 4.32. The highest BCUT2D eigenvalue weighted by Crippen LogP contribution is 2.11. The van der Waals surface area contributed by atoms with Crippen molar-refractivity contribution in [3.63, 3.8) is 0 Å². The summed E-state index contributed by atoms with van der Waals surface area (Å²) in [5.74, 6) is 1.26. The van der Waals surface area contributed by atoms with Crippen LogP contribution >= 0.6 is 0 Å². The number of hydrogen-bond donors (Lipinski definition) is 3. The van der Waals surface area contributed by atoms with Crippen LogP contribution in [-0.2, 0) is 0 Å². The van der Waals surface area contributed by atoms with E-state index in [0.717, 1.165) is 11.3 Å². The molecule has 1 atom stereocenters. The molecule has 0 bridgehead atoms. The van der Waals surface area contributed by atoms with E-state index in [1.165, 1.54) is 0 Å². The number of nitrogen functional groups attached to an aromatic ring is 1. The molecule has 1 radical (unpaired) electrons. The van der Waals surface area contributed by atoms with Gasteiger partial charge in [-0.1, -0.05) is 18.2 Å². The van der Waals surface area contributed by atoms with Crippen molar-refractivity contribution in [2.45, 2.75) is 6.10 Å². The van der Waals surface area contributed by atoms with Crippen LogP contribution in [0.1, 0.15) is 11.7 Å². The maximum absolute atomic E-state index is 9.94. The minimum Gasteiger partial charge on any atom is -0.492 e. The molecule has 105 valence electrons. The van der Waals surface area contributed by atoms with E-state index < -0.39 is 6.10 Å². The molecule has 0 aliphatic rings. The van der Waals surface area contributed by atoms with Crippen LogP contribution < -0.4 is 15.8 Å². The molecule has 5 heteroatoms. The highest BCUT2D eigenvalue weighted by molar-refractivity contribution is 5.30. The SMILES string of the molecule is Nc1ccc([C@@H](O)CNCCOc2cc[c]cc2)cn1. The zero-order chi connectivity index (χ0) is 14.2. The van der Waals surface area contributed by atoms with Gasteiger partial charge in [0.25, 0.3) is 0 Å². The molecule has 0 amide bonds. The van der Waals surface area contributed by atoms with Crippen LogP contribution in [0.3, 0.4) is 0 Å². The number of aromatic nitrogens is 1. The van der Waals surface area contributed by atoms with Gasteiger partial charge in [0.05, 0.1) is 6.10 Å². The Bertz CT molecular complexity index is 502. The maximum atomic E-state index is 9.94. The molecule has 0 saturated carbocycles. The molecule has 2 rings (SSSR count). The molecule has 0 unspecified atom stereocenters. The molecule has 1 aromatic carbocycles. The first-order chi connectivity index (χ1) is 9.75. The summed E-state index contributed by atoms with van der Waals surface area (Å²) in [6.45, 7) is 1.63. The van der Waals surface area contributed by atoms with Crippen LogP contribution in [0.2, 0.25) is 0 Å². The first-order valence-electron chi connectivity index (χ1n) is 6.45. The van der Waals surface area contributed by atoms with Crippen LogP contribution in [-0.4, -0.2) is 29.8 Å². The van der Waals surface area contributed by atoms with Gasteiger partial charge in [0.15, 0.2) is 0 Å². The first kappa shape index (κ1) is 14.3. The van der Waals surface area contributed by atoms with E-state index in [-0.39, 0.29) is 0 Å². The van der Waals surface area contributed by atoms with Gasteiger partial charge in [-0.15, -0.1) is 0 Å². The van der Waals surface area contributed by atoms with Crippen molar-refractivity contribution in [3.8, 4) is 5.75 Å². The lowest BCUT2D eigenvalue weighted by atomic mass is 10.1. The van der Waals surface area contributed by atoms with Crippen molar-refractivity contribution >= 4 is 5.82 Å². The third kappa shape index (κ3) is 4.53. The van der Waals surface area contributed by atoms with E-state index >= 15 is 0 Å². The average Bonchev–Trinajstić information content (AvgIpc) is 2.48. The molecule has 2 aromatic rings. The van der Waals surface area contributed by atoms with Gasteiger partial charge >= 0.3 is 0 Å². The minimum atomic E-state index is -0.602. The van der Waals surface area contributed by atoms with E-state index in [0.29, 0.717) is 25.5 Å². The number of anilines is 1. The number of aliphatic hydroxyl groups excluding tert-OH is 1. The Kier molecular flexibility index (Phi) is 5.34. The van der Waals surface area contributed by atoms with Crippen LogP contribution in [0.4, 0.5) is 5.82 Å². The third-order valence-corrected chi connectivity index (χ3v) is 2.77. The molecular formula is C15H18N3O2. The molecule has 0 fully saturated rings. The van der Waals surface area contributed by atoms with Gasteiger partial charge < -0.3 is 20.9 Å². The number of rotatable bonds is 7. The van der Waals surface area contributed by atoms with Gasteiger partial charge in [0.1, 0.15) is 18.2 Å². The normalized spacial score (nSPS) is 12.1. The van der Waals surface area contributed by atoms with Crippen molar-refractivity contribution in [2.75, 3.05) is 25.4 Å². The zero-order valence-corrected chi connectivity index (χ0v) is 11.1. The minimum absolute atomic E-state index is 0.442. The smallest absolute Gasteiger partial charge is 0.123 e. The summed E-state index contributed by atoms with van der Waals surface area (Å²) in [4.78, 5) is 3.95. The maximum Gasteiger partial charge on any atom is 0.123 e. The second-order valence-electron chi connectivity index (χ2n) is 4.32. The predicted molar refractivity (Wildman–Crippen MR) is 77.3 cm³/mol. The molecule has 5 nitrogen and oxygen atoms in total. The van der Waals surface area contributed by atoms with Gasteiger partial charge in [-0.05, 0) is 24.3 Å².